The van der Waals surface area contributed by atoms with Crippen LogP contribution in [0.2, 0.25) is 0 Å². The SMILES string of the molecule is CC12CCC3C4CCC(=O)C=C4C4(CC4)CC3C1CCC21C=CCO1. The molecule has 6 aliphatic rings. The number of fused-ring (bicyclic) bond motifs is 7. The van der Waals surface area contributed by atoms with E-state index in [2.05, 4.69) is 25.2 Å². The summed E-state index contributed by atoms with van der Waals surface area (Å²) in [6, 6.07) is 0. The Kier molecular flexibility index (Phi) is 2.85. The van der Waals surface area contributed by atoms with Crippen molar-refractivity contribution >= 4 is 5.78 Å². The smallest absolute Gasteiger partial charge is 0.155 e. The molecule has 4 fully saturated rings. The van der Waals surface area contributed by atoms with Gasteiger partial charge in [-0.1, -0.05) is 24.6 Å². The molecule has 0 radical (unpaired) electrons. The van der Waals surface area contributed by atoms with E-state index < -0.39 is 0 Å². The number of allylic oxidation sites excluding steroid dienone is 1. The van der Waals surface area contributed by atoms with E-state index in [1.54, 1.807) is 5.57 Å². The Hall–Kier alpha value is -0.890. The summed E-state index contributed by atoms with van der Waals surface area (Å²) in [7, 11) is 0. The highest BCUT2D eigenvalue weighted by Crippen LogP contribution is 2.72. The van der Waals surface area contributed by atoms with Crippen LogP contribution >= 0.6 is 0 Å². The average molecular weight is 338 g/mol. The number of ketones is 1. The minimum absolute atomic E-state index is 0.0397. The van der Waals surface area contributed by atoms with E-state index >= 15 is 0 Å². The van der Waals surface area contributed by atoms with Crippen LogP contribution in [0.4, 0.5) is 0 Å². The maximum Gasteiger partial charge on any atom is 0.155 e. The van der Waals surface area contributed by atoms with Gasteiger partial charge in [0, 0.05) is 11.8 Å². The van der Waals surface area contributed by atoms with Crippen LogP contribution in [0, 0.1) is 34.5 Å². The number of rotatable bonds is 0. The molecule has 6 unspecified atom stereocenters. The molecule has 2 nitrogen and oxygen atoms in total. The van der Waals surface area contributed by atoms with E-state index in [-0.39, 0.29) is 5.60 Å². The fourth-order valence-corrected chi connectivity index (χ4v) is 8.15. The fourth-order valence-electron chi connectivity index (χ4n) is 8.15. The Balaban J connectivity index is 1.39. The van der Waals surface area contributed by atoms with Crippen molar-refractivity contribution in [2.45, 2.75) is 70.3 Å². The standard InChI is InChI=1S/C23H30O2/c1-21-8-5-16-17-4-3-15(24)13-20(17)22(10-11-22)14-18(16)19(21)6-9-23(21)7-2-12-25-23/h2,7,13,16-19H,3-6,8-12,14H2,1H3. The summed E-state index contributed by atoms with van der Waals surface area (Å²) in [4.78, 5) is 12.1. The van der Waals surface area contributed by atoms with Crippen LogP contribution in [0.25, 0.3) is 0 Å². The second kappa shape index (κ2) is 4.68. The zero-order valence-corrected chi connectivity index (χ0v) is 15.4. The Morgan fingerprint density at radius 1 is 1.08 bits per heavy atom. The summed E-state index contributed by atoms with van der Waals surface area (Å²) in [6.07, 6.45) is 18.0. The number of hydrogen-bond acceptors (Lipinski definition) is 2. The summed E-state index contributed by atoms with van der Waals surface area (Å²) < 4.78 is 6.37. The molecule has 6 rings (SSSR count). The molecule has 0 saturated heterocycles. The van der Waals surface area contributed by atoms with Crippen LogP contribution in [0.5, 0.6) is 0 Å². The van der Waals surface area contributed by atoms with Crippen molar-refractivity contribution in [3.8, 4) is 0 Å². The van der Waals surface area contributed by atoms with E-state index in [0.29, 0.717) is 16.6 Å². The number of carbonyl (C=O) groups excluding carboxylic acids is 1. The minimum atomic E-state index is 0.0397. The van der Waals surface area contributed by atoms with E-state index in [4.69, 9.17) is 4.74 Å². The lowest BCUT2D eigenvalue weighted by Crippen LogP contribution is -2.53. The summed E-state index contributed by atoms with van der Waals surface area (Å²) in [5.41, 5.74) is 2.40. The summed E-state index contributed by atoms with van der Waals surface area (Å²) in [5.74, 6) is 3.66. The van der Waals surface area contributed by atoms with Crippen LogP contribution in [0.1, 0.15) is 64.7 Å². The van der Waals surface area contributed by atoms with Gasteiger partial charge in [0.05, 0.1) is 12.2 Å². The maximum atomic E-state index is 12.1. The largest absolute Gasteiger partial charge is 0.366 e. The lowest BCUT2D eigenvalue weighted by atomic mass is 9.48. The Morgan fingerprint density at radius 3 is 2.72 bits per heavy atom. The highest BCUT2D eigenvalue weighted by molar-refractivity contribution is 5.91. The summed E-state index contributed by atoms with van der Waals surface area (Å²) in [5, 5.41) is 0. The van der Waals surface area contributed by atoms with Gasteiger partial charge in [-0.25, -0.2) is 0 Å². The highest BCUT2D eigenvalue weighted by Gasteiger charge is 2.66. The molecule has 2 heteroatoms. The normalized spacial score (nSPS) is 52.0. The maximum absolute atomic E-state index is 12.1. The highest BCUT2D eigenvalue weighted by atomic mass is 16.5. The Labute approximate surface area is 151 Å². The van der Waals surface area contributed by atoms with Gasteiger partial charge >= 0.3 is 0 Å². The topological polar surface area (TPSA) is 26.3 Å². The molecular weight excluding hydrogens is 308 g/mol. The van der Waals surface area contributed by atoms with Crippen molar-refractivity contribution in [3.05, 3.63) is 23.8 Å². The molecule has 0 aromatic heterocycles. The third-order valence-electron chi connectivity index (χ3n) is 9.53. The van der Waals surface area contributed by atoms with Crippen molar-refractivity contribution < 1.29 is 9.53 Å². The monoisotopic (exact) mass is 338 g/mol. The fraction of sp³-hybridized carbons (Fsp3) is 0.783. The summed E-state index contributed by atoms with van der Waals surface area (Å²) >= 11 is 0. The average Bonchev–Trinajstić information content (AvgIpc) is 3.09. The van der Waals surface area contributed by atoms with Gasteiger partial charge < -0.3 is 4.74 Å². The van der Waals surface area contributed by atoms with Gasteiger partial charge in [0.25, 0.3) is 0 Å². The predicted octanol–water partition coefficient (Wildman–Crippen LogP) is 4.84. The third-order valence-corrected chi connectivity index (χ3v) is 9.53. The van der Waals surface area contributed by atoms with Gasteiger partial charge in [0.15, 0.2) is 5.78 Å². The Bertz CT molecular complexity index is 699. The van der Waals surface area contributed by atoms with Gasteiger partial charge in [-0.3, -0.25) is 4.79 Å². The second-order valence-corrected chi connectivity index (χ2v) is 10.2. The van der Waals surface area contributed by atoms with Crippen molar-refractivity contribution in [1.82, 2.24) is 0 Å². The molecule has 134 valence electrons. The summed E-state index contributed by atoms with van der Waals surface area (Å²) in [6.45, 7) is 3.36. The van der Waals surface area contributed by atoms with Crippen LogP contribution in [-0.4, -0.2) is 18.0 Å². The number of hydrogen-bond donors (Lipinski definition) is 0. The number of carbonyl (C=O) groups is 1. The molecule has 0 amide bonds. The molecular formula is C23H30O2. The second-order valence-electron chi connectivity index (χ2n) is 10.2. The molecule has 0 aromatic carbocycles. The first-order valence-corrected chi connectivity index (χ1v) is 10.6. The molecule has 5 aliphatic carbocycles. The van der Waals surface area contributed by atoms with Crippen LogP contribution in [0.3, 0.4) is 0 Å². The lowest BCUT2D eigenvalue weighted by Gasteiger charge is -2.57. The first kappa shape index (κ1) is 15.2. The van der Waals surface area contributed by atoms with Crippen molar-refractivity contribution in [3.63, 3.8) is 0 Å². The van der Waals surface area contributed by atoms with Crippen LogP contribution in [-0.2, 0) is 9.53 Å². The molecule has 0 N–H and O–H groups in total. The predicted molar refractivity (Wildman–Crippen MR) is 97.0 cm³/mol. The zero-order valence-electron chi connectivity index (χ0n) is 15.4. The quantitative estimate of drug-likeness (QED) is 0.591. The minimum Gasteiger partial charge on any atom is -0.366 e. The van der Waals surface area contributed by atoms with Gasteiger partial charge in [-0.2, -0.15) is 0 Å². The van der Waals surface area contributed by atoms with E-state index in [1.807, 2.05) is 0 Å². The van der Waals surface area contributed by atoms with E-state index in [1.165, 1.54) is 44.9 Å². The van der Waals surface area contributed by atoms with Gasteiger partial charge in [0.2, 0.25) is 0 Å². The van der Waals surface area contributed by atoms with Crippen molar-refractivity contribution in [2.24, 2.45) is 34.5 Å². The van der Waals surface area contributed by atoms with Crippen LogP contribution in [0.15, 0.2) is 23.8 Å². The molecule has 4 saturated carbocycles. The van der Waals surface area contributed by atoms with Gasteiger partial charge in [0.1, 0.15) is 0 Å². The molecule has 2 spiro atoms. The molecule has 25 heavy (non-hydrogen) atoms. The van der Waals surface area contributed by atoms with E-state index in [9.17, 15) is 4.79 Å². The van der Waals surface area contributed by atoms with Crippen LogP contribution < -0.4 is 0 Å². The molecule has 0 aromatic rings. The molecule has 1 heterocycles. The first-order valence-electron chi connectivity index (χ1n) is 10.6. The molecule has 0 bridgehead atoms. The van der Waals surface area contributed by atoms with E-state index in [0.717, 1.165) is 43.1 Å². The van der Waals surface area contributed by atoms with Gasteiger partial charge in [-0.05, 0) is 86.5 Å². The Morgan fingerprint density at radius 2 is 1.96 bits per heavy atom. The van der Waals surface area contributed by atoms with Crippen molar-refractivity contribution in [1.29, 1.82) is 0 Å². The molecule has 6 atom stereocenters. The van der Waals surface area contributed by atoms with Crippen molar-refractivity contribution in [2.75, 3.05) is 6.61 Å². The lowest BCUT2D eigenvalue weighted by molar-refractivity contribution is -0.120. The zero-order chi connectivity index (χ0) is 16.9. The number of ether oxygens (including phenoxy) is 1. The first-order chi connectivity index (χ1) is 12.1. The molecule has 1 aliphatic heterocycles. The third kappa shape index (κ3) is 1.78. The van der Waals surface area contributed by atoms with Gasteiger partial charge in [-0.15, -0.1) is 0 Å².